The van der Waals surface area contributed by atoms with Crippen molar-refractivity contribution in [3.63, 3.8) is 0 Å². The second kappa shape index (κ2) is 21.7. The van der Waals surface area contributed by atoms with Crippen LogP contribution in [0.3, 0.4) is 0 Å². The molecule has 17 nitrogen and oxygen atoms in total. The van der Waals surface area contributed by atoms with Crippen molar-refractivity contribution in [2.75, 3.05) is 46.4 Å². The predicted molar refractivity (Wildman–Crippen MR) is 269 cm³/mol. The van der Waals surface area contributed by atoms with Gasteiger partial charge in [-0.3, -0.25) is 9.59 Å². The molecule has 3 aliphatic heterocycles. The van der Waals surface area contributed by atoms with E-state index in [9.17, 15) is 19.2 Å². The molecule has 0 aliphatic carbocycles. The molecule has 4 amide bonds. The van der Waals surface area contributed by atoms with Crippen molar-refractivity contribution in [2.24, 2.45) is 0 Å². The number of amides is 4. The van der Waals surface area contributed by atoms with Gasteiger partial charge in [0.25, 0.3) is 0 Å². The summed E-state index contributed by atoms with van der Waals surface area (Å²) < 4.78 is 20.5. The van der Waals surface area contributed by atoms with Crippen molar-refractivity contribution in [2.45, 2.75) is 127 Å². The second-order valence-electron chi connectivity index (χ2n) is 19.9. The smallest absolute Gasteiger partial charge is 0.407 e. The Morgan fingerprint density at radius 2 is 1.00 bits per heavy atom. The normalized spacial score (nSPS) is 20.9. The van der Waals surface area contributed by atoms with Crippen LogP contribution in [0.5, 0.6) is 0 Å². The average Bonchev–Trinajstić information content (AvgIpc) is 4.26. The van der Waals surface area contributed by atoms with Crippen molar-refractivity contribution < 1.29 is 38.1 Å². The number of carbonyl (C=O) groups excluding carboxylic acids is 4. The number of ether oxygens (including phenoxy) is 4. The lowest BCUT2D eigenvalue weighted by Crippen LogP contribution is -2.54. The number of anilines is 1. The van der Waals surface area contributed by atoms with E-state index in [2.05, 4.69) is 119 Å². The van der Waals surface area contributed by atoms with Crippen LogP contribution in [0.15, 0.2) is 85.2 Å². The van der Waals surface area contributed by atoms with E-state index in [4.69, 9.17) is 28.9 Å². The molecule has 5 aromatic rings. The van der Waals surface area contributed by atoms with Crippen LogP contribution in [0.2, 0.25) is 0 Å². The minimum Gasteiger partial charge on any atom is -0.453 e. The zero-order chi connectivity index (χ0) is 50.6. The van der Waals surface area contributed by atoms with Gasteiger partial charge in [-0.1, -0.05) is 81.4 Å². The number of hydrogen-bond donors (Lipinski definition) is 4. The van der Waals surface area contributed by atoms with E-state index in [1.54, 1.807) is 23.6 Å². The highest BCUT2D eigenvalue weighted by atomic mass is 16.5. The van der Waals surface area contributed by atoms with Crippen LogP contribution in [-0.4, -0.2) is 120 Å². The third kappa shape index (κ3) is 10.8. The fourth-order valence-corrected chi connectivity index (χ4v) is 10.4. The Labute approximate surface area is 416 Å². The zero-order valence-electron chi connectivity index (χ0n) is 42.4. The zero-order valence-corrected chi connectivity index (χ0v) is 42.4. The van der Waals surface area contributed by atoms with E-state index in [-0.39, 0.29) is 41.4 Å². The number of rotatable bonds is 15. The number of H-pyrrole nitrogens is 2. The molecule has 3 aromatic carbocycles. The van der Waals surface area contributed by atoms with Gasteiger partial charge >= 0.3 is 12.2 Å². The van der Waals surface area contributed by atoms with Crippen LogP contribution >= 0.6 is 0 Å². The van der Waals surface area contributed by atoms with E-state index in [1.807, 2.05) is 12.4 Å². The number of benzene rings is 3. The number of methoxy groups -OCH3 is 4. The molecule has 8 atom stereocenters. The maximum Gasteiger partial charge on any atom is 0.407 e. The van der Waals surface area contributed by atoms with Crippen molar-refractivity contribution in [1.29, 1.82) is 0 Å². The maximum absolute atomic E-state index is 13.8. The summed E-state index contributed by atoms with van der Waals surface area (Å²) in [5.74, 6) is 0.911. The molecule has 0 bridgehead atoms. The number of nitrogens with zero attached hydrogens (tertiary/aromatic N) is 5. The van der Waals surface area contributed by atoms with Crippen molar-refractivity contribution in [1.82, 2.24) is 40.4 Å². The van der Waals surface area contributed by atoms with Crippen LogP contribution in [0.4, 0.5) is 15.3 Å². The summed E-state index contributed by atoms with van der Waals surface area (Å²) in [4.78, 5) is 74.7. The number of aromatic amines is 2. The average molecular weight is 972 g/mol. The Morgan fingerprint density at radius 3 is 1.37 bits per heavy atom. The molecule has 378 valence electrons. The Kier molecular flexibility index (Phi) is 15.5. The first kappa shape index (κ1) is 50.7. The molecule has 8 rings (SSSR count). The largest absolute Gasteiger partial charge is 0.453 e. The summed E-state index contributed by atoms with van der Waals surface area (Å²) >= 11 is 0. The van der Waals surface area contributed by atoms with E-state index in [0.29, 0.717) is 24.7 Å². The highest BCUT2D eigenvalue weighted by molar-refractivity contribution is 5.87. The fourth-order valence-electron chi connectivity index (χ4n) is 10.4. The first-order valence-electron chi connectivity index (χ1n) is 24.7. The van der Waals surface area contributed by atoms with Crippen molar-refractivity contribution >= 4 is 29.7 Å². The summed E-state index contributed by atoms with van der Waals surface area (Å²) in [5, 5.41) is 5.31. The SMILES string of the molecule is COC(=O)NC(C(=O)N1CCC[C@H]1c1ncc(-c2ccc([C@@H]3CC[C@@H](c4ccc(-c5cnc([C@@H]6CCCN6C(=O)[C@@H](NC(=O)OC)[C@H](C)OC)[nH]5)cc4)N3c3ccc(C(C)(C)C)cc3)cc2)[nH]1)[C@H](C)OC. The highest BCUT2D eigenvalue weighted by Gasteiger charge is 2.41. The van der Waals surface area contributed by atoms with Gasteiger partial charge < -0.3 is 54.2 Å². The van der Waals surface area contributed by atoms with Gasteiger partial charge in [-0.25, -0.2) is 19.6 Å². The summed E-state index contributed by atoms with van der Waals surface area (Å²) in [6, 6.07) is 24.3. The molecular formula is C54H69N9O8. The van der Waals surface area contributed by atoms with Gasteiger partial charge in [-0.15, -0.1) is 0 Å². The molecule has 3 saturated heterocycles. The van der Waals surface area contributed by atoms with Crippen LogP contribution in [0, 0.1) is 0 Å². The summed E-state index contributed by atoms with van der Waals surface area (Å²) in [6.45, 7) is 11.3. The molecule has 0 spiro atoms. The van der Waals surface area contributed by atoms with Crippen molar-refractivity contribution in [3.05, 3.63) is 114 Å². The van der Waals surface area contributed by atoms with Gasteiger partial charge in [0.15, 0.2) is 0 Å². The quantitative estimate of drug-likeness (QED) is 0.0784. The predicted octanol–water partition coefficient (Wildman–Crippen LogP) is 8.69. The van der Waals surface area contributed by atoms with Crippen LogP contribution in [0.25, 0.3) is 22.5 Å². The number of likely N-dealkylation sites (tertiary alicyclic amines) is 2. The molecule has 0 saturated carbocycles. The van der Waals surface area contributed by atoms with E-state index in [1.165, 1.54) is 45.1 Å². The number of nitrogens with one attached hydrogen (secondary N) is 4. The minimum atomic E-state index is -0.906. The molecule has 4 N–H and O–H groups in total. The Bertz CT molecular complexity index is 2470. The number of hydrogen-bond acceptors (Lipinski definition) is 11. The topological polar surface area (TPSA) is 196 Å². The minimum absolute atomic E-state index is 0.0175. The monoisotopic (exact) mass is 972 g/mol. The molecule has 3 aliphatic rings. The number of alkyl carbamates (subject to hydrolysis) is 2. The Morgan fingerprint density at radius 1 is 0.592 bits per heavy atom. The molecule has 71 heavy (non-hydrogen) atoms. The van der Waals surface area contributed by atoms with Gasteiger partial charge in [0.2, 0.25) is 11.8 Å². The summed E-state index contributed by atoms with van der Waals surface area (Å²) in [7, 11) is 5.56. The first-order valence-corrected chi connectivity index (χ1v) is 24.7. The van der Waals surface area contributed by atoms with Crippen LogP contribution in [-0.2, 0) is 34.0 Å². The molecule has 3 fully saturated rings. The van der Waals surface area contributed by atoms with Gasteiger partial charge in [0.05, 0.1) is 74.4 Å². The van der Waals surface area contributed by atoms with Gasteiger partial charge in [-0.2, -0.15) is 0 Å². The summed E-state index contributed by atoms with van der Waals surface area (Å²) in [6.07, 6.45) is 6.15. The van der Waals surface area contributed by atoms with Gasteiger partial charge in [0, 0.05) is 33.0 Å². The second-order valence-corrected chi connectivity index (χ2v) is 19.9. The molecule has 5 heterocycles. The fraction of sp³-hybridized carbons (Fsp3) is 0.481. The third-order valence-corrected chi connectivity index (χ3v) is 14.7. The third-order valence-electron chi connectivity index (χ3n) is 14.7. The maximum atomic E-state index is 13.8. The molecule has 17 heteroatoms. The number of aromatic nitrogens is 4. The lowest BCUT2D eigenvalue weighted by atomic mass is 9.87. The lowest BCUT2D eigenvalue weighted by Gasteiger charge is -2.34. The standard InChI is InChI=1S/C54H69N9O8/c1-32(68-6)46(59-52(66)70-8)50(64)61-28-10-12-44(61)48-55-30-40(57-48)34-14-18-36(19-15-34)42-26-27-43(63(42)39-24-22-38(23-25-39)54(3,4)5)37-20-16-35(17-21-37)41-31-56-49(58-41)45-13-11-29-62(45)51(65)47(33(2)69-7)60-53(67)71-9/h14-25,30-33,42-47H,10-13,26-29H2,1-9H3,(H,55,57)(H,56,58)(H,59,66)(H,60,67)/t32-,33-,42-,43-,44-,45-,46-,47?/m0/s1. The van der Waals surface area contributed by atoms with Crippen LogP contribution < -0.4 is 15.5 Å². The van der Waals surface area contributed by atoms with Crippen LogP contribution in [0.1, 0.15) is 126 Å². The lowest BCUT2D eigenvalue weighted by molar-refractivity contribution is -0.138. The number of imidazole rings is 2. The molecule has 1 unspecified atom stereocenters. The number of carbonyl (C=O) groups is 4. The van der Waals surface area contributed by atoms with Gasteiger partial charge in [0.1, 0.15) is 23.7 Å². The molecule has 0 radical (unpaired) electrons. The van der Waals surface area contributed by atoms with Gasteiger partial charge in [-0.05, 0) is 97.7 Å². The van der Waals surface area contributed by atoms with E-state index < -0.39 is 36.5 Å². The van der Waals surface area contributed by atoms with E-state index >= 15 is 0 Å². The molecular weight excluding hydrogens is 903 g/mol. The molecule has 2 aromatic heterocycles. The Hall–Kier alpha value is -6.72. The van der Waals surface area contributed by atoms with E-state index in [0.717, 1.165) is 66.7 Å². The first-order chi connectivity index (χ1) is 34.1. The Balaban J connectivity index is 1.00. The summed E-state index contributed by atoms with van der Waals surface area (Å²) in [5.41, 5.74) is 8.57. The van der Waals surface area contributed by atoms with Crippen molar-refractivity contribution in [3.8, 4) is 22.5 Å². The highest BCUT2D eigenvalue weighted by Crippen LogP contribution is 2.48.